The molecule has 0 N–H and O–H groups in total. The Morgan fingerprint density at radius 3 is 2.93 bits per heavy atom. The average molecular weight is 275 g/mol. The summed E-state index contributed by atoms with van der Waals surface area (Å²) in [4.78, 5) is 4.59. The Morgan fingerprint density at radius 1 is 1.53 bits per heavy atom. The summed E-state index contributed by atoms with van der Waals surface area (Å²) in [6.45, 7) is 9.27. The molecule has 1 aliphatic rings. The average Bonchev–Trinajstić information content (AvgIpc) is 2.48. The molecule has 0 aliphatic carbocycles. The van der Waals surface area contributed by atoms with Crippen molar-refractivity contribution < 1.29 is 58.2 Å². The van der Waals surface area contributed by atoms with Crippen LogP contribution in [0.25, 0.3) is 5.57 Å². The number of imidazole rings is 1. The minimum Gasteiger partial charge on any atom is -0.337 e. The Kier molecular flexibility index (Phi) is 5.43. The van der Waals surface area contributed by atoms with E-state index < -0.39 is 0 Å². The second-order valence-corrected chi connectivity index (χ2v) is 4.22. The van der Waals surface area contributed by atoms with Gasteiger partial charge >= 0.3 is 58.2 Å². The maximum absolute atomic E-state index is 4.59. The van der Waals surface area contributed by atoms with Gasteiger partial charge < -0.3 is 10.5 Å². The molecule has 3 heteroatoms. The molecule has 1 aromatic heterocycles. The topological polar surface area (TPSA) is 17.8 Å². The number of allylic oxidation sites excluding steroid dienone is 1. The van der Waals surface area contributed by atoms with Gasteiger partial charge in [-0.15, -0.1) is 0 Å². The number of fused-ring (bicyclic) bond motifs is 1. The molecule has 2 nitrogen and oxygen atoms in total. The van der Waals surface area contributed by atoms with Gasteiger partial charge in [-0.3, -0.25) is 0 Å². The summed E-state index contributed by atoms with van der Waals surface area (Å²) in [6.07, 6.45) is 5.60. The van der Waals surface area contributed by atoms with Gasteiger partial charge in [-0.25, -0.2) is 4.98 Å². The van der Waals surface area contributed by atoms with Crippen LogP contribution in [0.3, 0.4) is 0 Å². The summed E-state index contributed by atoms with van der Waals surface area (Å²) in [7, 11) is 0. The van der Waals surface area contributed by atoms with E-state index in [-0.39, 0.29) is 58.2 Å². The van der Waals surface area contributed by atoms with Crippen molar-refractivity contribution in [2.45, 2.75) is 39.7 Å². The molecule has 0 aromatic carbocycles. The summed E-state index contributed by atoms with van der Waals surface area (Å²) in [5.74, 6) is 2.81. The van der Waals surface area contributed by atoms with Crippen molar-refractivity contribution in [3.63, 3.8) is 0 Å². The van der Waals surface area contributed by atoms with Crippen molar-refractivity contribution in [3.8, 4) is 0 Å². The first-order valence-electron chi connectivity index (χ1n) is 5.20. The third-order valence-electron chi connectivity index (χ3n) is 2.85. The molecule has 76 valence electrons. The normalized spacial score (nSPS) is 16.4. The number of aromatic nitrogens is 2. The molecule has 0 fully saturated rings. The number of rotatable bonds is 1. The van der Waals surface area contributed by atoms with Crippen LogP contribution in [0.15, 0.2) is 12.8 Å². The zero-order chi connectivity index (χ0) is 10.1. The molecular weight excluding hydrogens is 258 g/mol. The van der Waals surface area contributed by atoms with Crippen LogP contribution < -0.4 is 58.2 Å². The smallest absolute Gasteiger partial charge is 0.337 e. The first-order valence-corrected chi connectivity index (χ1v) is 5.20. The minimum absolute atomic E-state index is 0. The fourth-order valence-corrected chi connectivity index (χ4v) is 1.81. The molecular formula is C12H17N2Rb. The number of hydrogen-bond acceptors (Lipinski definition) is 1. The van der Waals surface area contributed by atoms with Crippen LogP contribution in [0.5, 0.6) is 0 Å². The van der Waals surface area contributed by atoms with Crippen molar-refractivity contribution in [3.05, 3.63) is 30.2 Å². The van der Waals surface area contributed by atoms with E-state index >= 15 is 0 Å². The molecule has 0 unspecified atom stereocenters. The van der Waals surface area contributed by atoms with Crippen LogP contribution in [0, 0.1) is 5.92 Å². The van der Waals surface area contributed by atoms with E-state index in [9.17, 15) is 0 Å². The molecule has 15 heavy (non-hydrogen) atoms. The second kappa shape index (κ2) is 5.90. The summed E-state index contributed by atoms with van der Waals surface area (Å²) in [5.41, 5.74) is 2.12. The van der Waals surface area contributed by atoms with Crippen molar-refractivity contribution in [1.29, 1.82) is 0 Å². The van der Waals surface area contributed by atoms with Gasteiger partial charge in [0.05, 0.1) is 5.69 Å². The Balaban J connectivity index is 0.00000112. The van der Waals surface area contributed by atoms with E-state index in [1.165, 1.54) is 18.7 Å². The Labute approximate surface area is 141 Å². The maximum atomic E-state index is 4.59. The molecule has 0 saturated heterocycles. The zero-order valence-corrected chi connectivity index (χ0v) is 14.9. The molecule has 0 bridgehead atoms. The molecule has 0 atom stereocenters. The first kappa shape index (κ1) is 13.8. The standard InChI is InChI=1S/C12H17N2.Rb/c1-9(2)11-8-14-7-6-10(3)4-5-12(14)13-11;/h8H,1,4-7H2,2-3H3;/q-1;+1. The summed E-state index contributed by atoms with van der Waals surface area (Å²) < 4.78 is 2.28. The van der Waals surface area contributed by atoms with E-state index in [4.69, 9.17) is 0 Å². The third-order valence-corrected chi connectivity index (χ3v) is 2.85. The van der Waals surface area contributed by atoms with Gasteiger partial charge in [0, 0.05) is 6.20 Å². The fourth-order valence-electron chi connectivity index (χ4n) is 1.81. The van der Waals surface area contributed by atoms with Gasteiger partial charge in [-0.05, 0) is 25.5 Å². The van der Waals surface area contributed by atoms with Gasteiger partial charge in [0.1, 0.15) is 5.82 Å². The van der Waals surface area contributed by atoms with E-state index in [0.29, 0.717) is 0 Å². The molecule has 0 radical (unpaired) electrons. The van der Waals surface area contributed by atoms with E-state index in [1.807, 2.05) is 6.92 Å². The summed E-state index contributed by atoms with van der Waals surface area (Å²) in [5, 5.41) is 0. The van der Waals surface area contributed by atoms with Crippen LogP contribution in [0.1, 0.15) is 38.2 Å². The maximum Gasteiger partial charge on any atom is 1.00 e. The van der Waals surface area contributed by atoms with Crippen LogP contribution in [-0.4, -0.2) is 9.55 Å². The minimum atomic E-state index is 0. The molecule has 0 spiro atoms. The van der Waals surface area contributed by atoms with Crippen molar-refractivity contribution in [1.82, 2.24) is 9.55 Å². The van der Waals surface area contributed by atoms with Gasteiger partial charge in [-0.1, -0.05) is 6.58 Å². The molecule has 0 saturated carbocycles. The van der Waals surface area contributed by atoms with Crippen molar-refractivity contribution in [2.75, 3.05) is 0 Å². The fraction of sp³-hybridized carbons (Fsp3) is 0.500. The second-order valence-electron chi connectivity index (χ2n) is 4.22. The Hall–Kier alpha value is 0.755. The van der Waals surface area contributed by atoms with Gasteiger partial charge in [0.15, 0.2) is 0 Å². The van der Waals surface area contributed by atoms with E-state index in [1.54, 1.807) is 5.92 Å². The first-order chi connectivity index (χ1) is 6.66. The largest absolute Gasteiger partial charge is 1.00 e. The Bertz CT molecular complexity index is 329. The Morgan fingerprint density at radius 2 is 2.27 bits per heavy atom. The van der Waals surface area contributed by atoms with Gasteiger partial charge in [0.2, 0.25) is 0 Å². The number of aryl methyl sites for hydroxylation is 2. The zero-order valence-electron chi connectivity index (χ0n) is 10.0. The van der Waals surface area contributed by atoms with Crippen molar-refractivity contribution in [2.24, 2.45) is 0 Å². The third kappa shape index (κ3) is 3.35. The predicted molar refractivity (Wildman–Crippen MR) is 58.8 cm³/mol. The molecule has 0 amide bonds. The SMILES string of the molecule is C=C(C)c1cn2c(n1)CC[C-](C)CC2.[Rb+]. The van der Waals surface area contributed by atoms with Crippen LogP contribution in [-0.2, 0) is 13.0 Å². The summed E-state index contributed by atoms with van der Waals surface area (Å²) in [6, 6.07) is 0. The van der Waals surface area contributed by atoms with E-state index in [2.05, 4.69) is 29.3 Å². The van der Waals surface area contributed by atoms with Crippen molar-refractivity contribution >= 4 is 5.57 Å². The summed E-state index contributed by atoms with van der Waals surface area (Å²) >= 11 is 0. The molecule has 2 heterocycles. The molecule has 1 aromatic rings. The van der Waals surface area contributed by atoms with Crippen LogP contribution >= 0.6 is 0 Å². The number of hydrogen-bond donors (Lipinski definition) is 0. The van der Waals surface area contributed by atoms with Crippen LogP contribution in [0.4, 0.5) is 0 Å². The predicted octanol–water partition coefficient (Wildman–Crippen LogP) is -0.149. The molecule has 2 rings (SSSR count). The number of nitrogens with zero attached hydrogens (tertiary/aromatic N) is 2. The van der Waals surface area contributed by atoms with E-state index in [0.717, 1.165) is 24.2 Å². The monoisotopic (exact) mass is 274 g/mol. The quantitative estimate of drug-likeness (QED) is 0.652. The van der Waals surface area contributed by atoms with Gasteiger partial charge in [0.25, 0.3) is 0 Å². The van der Waals surface area contributed by atoms with Gasteiger partial charge in [-0.2, -0.15) is 19.8 Å². The molecule has 1 aliphatic heterocycles. The van der Waals surface area contributed by atoms with Crippen LogP contribution in [0.2, 0.25) is 0 Å².